The van der Waals surface area contributed by atoms with Gasteiger partial charge >= 0.3 is 0 Å². The van der Waals surface area contributed by atoms with Crippen LogP contribution in [0.25, 0.3) is 21.8 Å². The molecule has 17 heavy (non-hydrogen) atoms. The number of aromatic nitrogens is 2. The summed E-state index contributed by atoms with van der Waals surface area (Å²) in [6.45, 7) is 0. The third-order valence-electron chi connectivity index (χ3n) is 2.59. The highest BCUT2D eigenvalue weighted by Gasteiger charge is 2.16. The average Bonchev–Trinajstić information content (AvgIpc) is 2.78. The molecular weight excluding hydrogens is 244 g/mol. The first kappa shape index (κ1) is 9.91. The van der Waals surface area contributed by atoms with Crippen LogP contribution >= 0.6 is 11.7 Å². The Labute approximate surface area is 95.8 Å². The molecule has 2 aromatic carbocycles. The van der Waals surface area contributed by atoms with Crippen LogP contribution in [-0.4, -0.2) is 8.75 Å². The van der Waals surface area contributed by atoms with Gasteiger partial charge in [0.15, 0.2) is 10.9 Å². The van der Waals surface area contributed by atoms with E-state index in [0.717, 1.165) is 23.9 Å². The van der Waals surface area contributed by atoms with Crippen molar-refractivity contribution in [1.29, 1.82) is 0 Å². The molecule has 0 unspecified atom stereocenters. The zero-order chi connectivity index (χ0) is 12.2. The molecule has 3 rings (SSSR count). The molecule has 0 aliphatic heterocycles. The van der Waals surface area contributed by atoms with Crippen LogP contribution in [0.1, 0.15) is 0 Å². The summed E-state index contributed by atoms with van der Waals surface area (Å²) >= 11 is 0.949. The van der Waals surface area contributed by atoms with Crippen LogP contribution in [0.5, 0.6) is 0 Å². The second-order valence-electron chi connectivity index (χ2n) is 3.53. The fourth-order valence-electron chi connectivity index (χ4n) is 1.81. The van der Waals surface area contributed by atoms with Crippen molar-refractivity contribution in [2.45, 2.75) is 0 Å². The summed E-state index contributed by atoms with van der Waals surface area (Å²) < 4.78 is 5.20. The molecule has 0 fully saturated rings. The molecule has 6 nitrogen and oxygen atoms in total. The number of H-pyrrole nitrogens is 2. The van der Waals surface area contributed by atoms with Gasteiger partial charge in [0.05, 0.1) is 10.8 Å². The first-order valence-corrected chi connectivity index (χ1v) is 5.45. The summed E-state index contributed by atoms with van der Waals surface area (Å²) in [6.07, 6.45) is 0. The zero-order valence-corrected chi connectivity index (χ0v) is 9.01. The maximum absolute atomic E-state index is 12.0. The quantitative estimate of drug-likeness (QED) is 0.564. The molecule has 0 saturated carbocycles. The van der Waals surface area contributed by atoms with Gasteiger partial charge in [-0.25, -0.2) is 0 Å². The Morgan fingerprint density at radius 1 is 0.765 bits per heavy atom. The standard InChI is InChI=1S/C10H4N2O4S/c13-3-1-2-4(14)6-5(3)9(15)7-8(10(6)16)12-17-11-7/h1-2,11-12H. The van der Waals surface area contributed by atoms with E-state index in [-0.39, 0.29) is 21.8 Å². The van der Waals surface area contributed by atoms with Gasteiger partial charge < -0.3 is 0 Å². The summed E-state index contributed by atoms with van der Waals surface area (Å²) in [6, 6.07) is 2.01. The maximum atomic E-state index is 12.0. The highest BCUT2D eigenvalue weighted by molar-refractivity contribution is 7.00. The number of rotatable bonds is 0. The van der Waals surface area contributed by atoms with Crippen molar-refractivity contribution in [3.8, 4) is 0 Å². The van der Waals surface area contributed by atoms with Crippen LogP contribution in [0.4, 0.5) is 0 Å². The van der Waals surface area contributed by atoms with Crippen LogP contribution in [-0.2, 0) is 0 Å². The molecule has 2 N–H and O–H groups in total. The first-order chi connectivity index (χ1) is 8.11. The number of fused-ring (bicyclic) bond motifs is 2. The summed E-state index contributed by atoms with van der Waals surface area (Å²) in [7, 11) is 0. The largest absolute Gasteiger partial charge is 0.291 e. The van der Waals surface area contributed by atoms with Gasteiger partial charge in [0, 0.05) is 11.7 Å². The van der Waals surface area contributed by atoms with Crippen LogP contribution < -0.4 is 21.7 Å². The molecule has 0 radical (unpaired) electrons. The summed E-state index contributed by atoms with van der Waals surface area (Å²) in [5.74, 6) is 0. The van der Waals surface area contributed by atoms with E-state index in [0.29, 0.717) is 0 Å². The third kappa shape index (κ3) is 1.14. The number of aromatic amines is 2. The Kier molecular flexibility index (Phi) is 1.81. The van der Waals surface area contributed by atoms with Crippen LogP contribution in [0.3, 0.4) is 0 Å². The second-order valence-corrected chi connectivity index (χ2v) is 4.14. The van der Waals surface area contributed by atoms with Gasteiger partial charge in [0.2, 0.25) is 10.9 Å². The minimum absolute atomic E-state index is 0.0372. The molecule has 7 heteroatoms. The number of nitrogens with one attached hydrogen (secondary N) is 2. The smallest absolute Gasteiger partial charge is 0.217 e. The van der Waals surface area contributed by atoms with Gasteiger partial charge in [0.1, 0.15) is 11.0 Å². The molecule has 1 heterocycles. The van der Waals surface area contributed by atoms with Gasteiger partial charge in [-0.05, 0) is 12.1 Å². The monoisotopic (exact) mass is 248 g/mol. The van der Waals surface area contributed by atoms with E-state index in [1.165, 1.54) is 0 Å². The van der Waals surface area contributed by atoms with Gasteiger partial charge in [-0.15, -0.1) is 0 Å². The topological polar surface area (TPSA) is 99.9 Å². The van der Waals surface area contributed by atoms with E-state index in [4.69, 9.17) is 0 Å². The van der Waals surface area contributed by atoms with E-state index in [1.54, 1.807) is 0 Å². The van der Waals surface area contributed by atoms with Gasteiger partial charge in [0.25, 0.3) is 0 Å². The van der Waals surface area contributed by atoms with Gasteiger partial charge in [-0.2, -0.15) is 0 Å². The Balaban J connectivity index is 2.96. The van der Waals surface area contributed by atoms with Crippen molar-refractivity contribution in [1.82, 2.24) is 8.75 Å². The lowest BCUT2D eigenvalue weighted by Gasteiger charge is -1.93. The van der Waals surface area contributed by atoms with Crippen molar-refractivity contribution in [3.05, 3.63) is 53.0 Å². The SMILES string of the molecule is O=c1ccc(=O)c2c(=O)c3[nH]s[nH]c3c(=O)c12. The fraction of sp³-hybridized carbons (Fsp3) is 0. The van der Waals surface area contributed by atoms with Crippen molar-refractivity contribution >= 4 is 33.5 Å². The van der Waals surface area contributed by atoms with E-state index in [9.17, 15) is 19.2 Å². The van der Waals surface area contributed by atoms with Crippen LogP contribution in [0.2, 0.25) is 0 Å². The molecule has 0 spiro atoms. The van der Waals surface area contributed by atoms with E-state index in [1.807, 2.05) is 0 Å². The Morgan fingerprint density at radius 3 is 1.59 bits per heavy atom. The average molecular weight is 248 g/mol. The molecule has 1 aromatic heterocycles. The minimum Gasteiger partial charge on any atom is -0.291 e. The normalized spacial score (nSPS) is 11.3. The van der Waals surface area contributed by atoms with Gasteiger partial charge in [-0.1, -0.05) is 0 Å². The molecule has 84 valence electrons. The van der Waals surface area contributed by atoms with Crippen molar-refractivity contribution in [3.63, 3.8) is 0 Å². The summed E-state index contributed by atoms with van der Waals surface area (Å²) in [5.41, 5.74) is -2.37. The molecule has 0 amide bonds. The van der Waals surface area contributed by atoms with Crippen LogP contribution in [0, 0.1) is 0 Å². The number of hydrogen-bond donors (Lipinski definition) is 2. The minimum atomic E-state index is -0.616. The fourth-order valence-corrected chi connectivity index (χ4v) is 2.46. The van der Waals surface area contributed by atoms with Gasteiger partial charge in [-0.3, -0.25) is 27.9 Å². The Hall–Kier alpha value is -2.28. The highest BCUT2D eigenvalue weighted by atomic mass is 32.1. The lowest BCUT2D eigenvalue weighted by Crippen LogP contribution is -2.25. The molecule has 3 aromatic rings. The molecule has 0 aliphatic carbocycles. The second kappa shape index (κ2) is 3.11. The molecular formula is C10H4N2O4S. The van der Waals surface area contributed by atoms with Crippen molar-refractivity contribution in [2.24, 2.45) is 0 Å². The molecule has 0 saturated heterocycles. The first-order valence-electron chi connectivity index (χ1n) is 4.64. The van der Waals surface area contributed by atoms with Crippen molar-refractivity contribution < 1.29 is 0 Å². The Morgan fingerprint density at radius 2 is 1.18 bits per heavy atom. The van der Waals surface area contributed by atoms with E-state index in [2.05, 4.69) is 8.75 Å². The molecule has 0 aliphatic rings. The molecule has 0 bridgehead atoms. The maximum Gasteiger partial charge on any atom is 0.217 e. The lowest BCUT2D eigenvalue weighted by atomic mass is 10.1. The Bertz CT molecular complexity index is 889. The van der Waals surface area contributed by atoms with E-state index >= 15 is 0 Å². The summed E-state index contributed by atoms with van der Waals surface area (Å²) in [5, 5.41) is -0.670. The highest BCUT2D eigenvalue weighted by Crippen LogP contribution is 2.05. The third-order valence-corrected chi connectivity index (χ3v) is 3.21. The number of hydrogen-bond acceptors (Lipinski definition) is 5. The predicted molar refractivity (Wildman–Crippen MR) is 64.3 cm³/mol. The number of benzene rings is 2. The summed E-state index contributed by atoms with van der Waals surface area (Å²) in [4.78, 5) is 47.0. The zero-order valence-electron chi connectivity index (χ0n) is 8.20. The van der Waals surface area contributed by atoms with E-state index < -0.39 is 21.7 Å². The molecule has 0 atom stereocenters. The predicted octanol–water partition coefficient (Wildman–Crippen LogP) is -0.411. The lowest BCUT2D eigenvalue weighted by molar-refractivity contribution is 1.52. The van der Waals surface area contributed by atoms with Crippen LogP contribution in [0.15, 0.2) is 31.3 Å². The van der Waals surface area contributed by atoms with Crippen molar-refractivity contribution in [2.75, 3.05) is 0 Å².